The lowest BCUT2D eigenvalue weighted by molar-refractivity contribution is 0.0943. The van der Waals surface area contributed by atoms with Crippen molar-refractivity contribution in [3.05, 3.63) is 48.3 Å². The van der Waals surface area contributed by atoms with E-state index in [2.05, 4.69) is 6.58 Å². The predicted octanol–water partition coefficient (Wildman–Crippen LogP) is 3.22. The molecule has 0 aromatic heterocycles. The number of ketones is 1. The van der Waals surface area contributed by atoms with E-state index in [0.717, 1.165) is 6.42 Å². The van der Waals surface area contributed by atoms with Gasteiger partial charge in [0.25, 0.3) is 0 Å². The van der Waals surface area contributed by atoms with Gasteiger partial charge in [0.05, 0.1) is 0 Å². The van der Waals surface area contributed by atoms with Gasteiger partial charge in [-0.3, -0.25) is 4.79 Å². The topological polar surface area (TPSA) is 17.1 Å². The number of hydrogen-bond donors (Lipinski definition) is 0. The summed E-state index contributed by atoms with van der Waals surface area (Å²) in [7, 11) is 0. The Bertz CT molecular complexity index is 327. The largest absolute Gasteiger partial charge is 0.294 e. The van der Waals surface area contributed by atoms with Crippen LogP contribution in [0.5, 0.6) is 0 Å². The van der Waals surface area contributed by atoms with E-state index in [1.54, 1.807) is 6.08 Å². The van der Waals surface area contributed by atoms with Crippen molar-refractivity contribution in [3.8, 4) is 0 Å². The van der Waals surface area contributed by atoms with Crippen LogP contribution in [-0.4, -0.2) is 5.78 Å². The first-order valence-electron chi connectivity index (χ1n) is 4.61. The number of benzene rings is 1. The van der Waals surface area contributed by atoms with E-state index in [9.17, 15) is 9.18 Å². The Balaban J connectivity index is 2.88. The Morgan fingerprint density at radius 2 is 2.07 bits per heavy atom. The van der Waals surface area contributed by atoms with Crippen molar-refractivity contribution in [2.45, 2.75) is 13.3 Å². The van der Waals surface area contributed by atoms with Crippen LogP contribution in [0.15, 0.2) is 36.9 Å². The zero-order valence-corrected chi connectivity index (χ0v) is 8.16. The molecule has 0 heterocycles. The lowest BCUT2D eigenvalue weighted by Gasteiger charge is -2.07. The van der Waals surface area contributed by atoms with Gasteiger partial charge in [-0.15, -0.1) is 6.58 Å². The summed E-state index contributed by atoms with van der Waals surface area (Å²) in [6.45, 7) is 5.53. The second-order valence-electron chi connectivity index (χ2n) is 3.12. The van der Waals surface area contributed by atoms with Crippen LogP contribution >= 0.6 is 0 Å². The standard InChI is InChI=1S/C12H13FO/c1-3-9(4-2)12(14)10-5-7-11(13)8-6-10/h3,5-9H,1,4H2,2H3. The number of allylic oxidation sites excluding steroid dienone is 1. The van der Waals surface area contributed by atoms with Crippen molar-refractivity contribution in [1.82, 2.24) is 0 Å². The molecule has 14 heavy (non-hydrogen) atoms. The summed E-state index contributed by atoms with van der Waals surface area (Å²) in [6, 6.07) is 5.60. The fourth-order valence-electron chi connectivity index (χ4n) is 1.29. The smallest absolute Gasteiger partial charge is 0.169 e. The Morgan fingerprint density at radius 3 is 2.50 bits per heavy atom. The van der Waals surface area contributed by atoms with Gasteiger partial charge in [0.15, 0.2) is 5.78 Å². The van der Waals surface area contributed by atoms with Crippen LogP contribution in [0.25, 0.3) is 0 Å². The molecule has 0 saturated heterocycles. The maximum absolute atomic E-state index is 12.6. The quantitative estimate of drug-likeness (QED) is 0.528. The van der Waals surface area contributed by atoms with Crippen LogP contribution in [0, 0.1) is 11.7 Å². The first-order chi connectivity index (χ1) is 6.69. The molecule has 74 valence electrons. The van der Waals surface area contributed by atoms with E-state index in [1.807, 2.05) is 6.92 Å². The Hall–Kier alpha value is -1.44. The van der Waals surface area contributed by atoms with Gasteiger partial charge >= 0.3 is 0 Å². The molecule has 2 heteroatoms. The summed E-state index contributed by atoms with van der Waals surface area (Å²) in [5, 5.41) is 0. The predicted molar refractivity (Wildman–Crippen MR) is 54.7 cm³/mol. The number of carbonyl (C=O) groups excluding carboxylic acids is 1. The third kappa shape index (κ3) is 2.28. The minimum Gasteiger partial charge on any atom is -0.294 e. The van der Waals surface area contributed by atoms with E-state index in [0.29, 0.717) is 5.56 Å². The first kappa shape index (κ1) is 10.6. The molecule has 0 aliphatic heterocycles. The molecule has 1 unspecified atom stereocenters. The van der Waals surface area contributed by atoms with Crippen LogP contribution in [0.1, 0.15) is 23.7 Å². The van der Waals surface area contributed by atoms with Gasteiger partial charge in [0.2, 0.25) is 0 Å². The maximum Gasteiger partial charge on any atom is 0.169 e. The summed E-state index contributed by atoms with van der Waals surface area (Å²) in [4.78, 5) is 11.7. The molecule has 1 aromatic rings. The van der Waals surface area contributed by atoms with E-state index in [-0.39, 0.29) is 17.5 Å². The van der Waals surface area contributed by atoms with E-state index >= 15 is 0 Å². The van der Waals surface area contributed by atoms with Crippen molar-refractivity contribution in [2.24, 2.45) is 5.92 Å². The molecule has 0 spiro atoms. The van der Waals surface area contributed by atoms with Crippen LogP contribution in [0.2, 0.25) is 0 Å². The van der Waals surface area contributed by atoms with Gasteiger partial charge in [-0.25, -0.2) is 4.39 Å². The van der Waals surface area contributed by atoms with Gasteiger partial charge in [0, 0.05) is 11.5 Å². The molecule has 0 aliphatic carbocycles. The van der Waals surface area contributed by atoms with E-state index in [1.165, 1.54) is 24.3 Å². The molecule has 0 radical (unpaired) electrons. The summed E-state index contributed by atoms with van der Waals surface area (Å²) >= 11 is 0. The zero-order valence-electron chi connectivity index (χ0n) is 8.16. The summed E-state index contributed by atoms with van der Waals surface area (Å²) in [5.41, 5.74) is 0.540. The molecule has 1 rings (SSSR count). The molecule has 1 aromatic carbocycles. The second kappa shape index (κ2) is 4.70. The van der Waals surface area contributed by atoms with Crippen LogP contribution in [-0.2, 0) is 0 Å². The summed E-state index contributed by atoms with van der Waals surface area (Å²) < 4.78 is 12.6. The van der Waals surface area contributed by atoms with Crippen molar-refractivity contribution >= 4 is 5.78 Å². The van der Waals surface area contributed by atoms with Crippen molar-refractivity contribution in [2.75, 3.05) is 0 Å². The van der Waals surface area contributed by atoms with E-state index < -0.39 is 0 Å². The maximum atomic E-state index is 12.6. The third-order valence-corrected chi connectivity index (χ3v) is 2.19. The molecular formula is C12H13FO. The molecule has 0 saturated carbocycles. The molecule has 0 N–H and O–H groups in total. The van der Waals surface area contributed by atoms with Gasteiger partial charge < -0.3 is 0 Å². The molecule has 0 aliphatic rings. The number of Topliss-reactive ketones (excluding diaryl/α,β-unsaturated/α-hetero) is 1. The molecule has 0 bridgehead atoms. The average Bonchev–Trinajstić information content (AvgIpc) is 2.20. The van der Waals surface area contributed by atoms with Crippen molar-refractivity contribution < 1.29 is 9.18 Å². The minimum absolute atomic E-state index is 0.00231. The average molecular weight is 192 g/mol. The third-order valence-electron chi connectivity index (χ3n) is 2.19. The summed E-state index contributed by atoms with van der Waals surface area (Å²) in [5.74, 6) is -0.490. The minimum atomic E-state index is -0.326. The fourth-order valence-corrected chi connectivity index (χ4v) is 1.29. The van der Waals surface area contributed by atoms with Crippen molar-refractivity contribution in [3.63, 3.8) is 0 Å². The van der Waals surface area contributed by atoms with Crippen LogP contribution in [0.4, 0.5) is 4.39 Å². The number of carbonyl (C=O) groups is 1. The number of hydrogen-bond acceptors (Lipinski definition) is 1. The van der Waals surface area contributed by atoms with Crippen LogP contribution < -0.4 is 0 Å². The lowest BCUT2D eigenvalue weighted by Crippen LogP contribution is -2.11. The molecule has 0 fully saturated rings. The Labute approximate surface area is 83.3 Å². The van der Waals surface area contributed by atoms with Gasteiger partial charge in [-0.2, -0.15) is 0 Å². The highest BCUT2D eigenvalue weighted by molar-refractivity contribution is 5.98. The Morgan fingerprint density at radius 1 is 1.50 bits per heavy atom. The fraction of sp³-hybridized carbons (Fsp3) is 0.250. The summed E-state index contributed by atoms with van der Waals surface area (Å²) in [6.07, 6.45) is 2.35. The monoisotopic (exact) mass is 192 g/mol. The van der Waals surface area contributed by atoms with E-state index in [4.69, 9.17) is 0 Å². The SMILES string of the molecule is C=CC(CC)C(=O)c1ccc(F)cc1. The second-order valence-corrected chi connectivity index (χ2v) is 3.12. The molecule has 1 nitrogen and oxygen atoms in total. The highest BCUT2D eigenvalue weighted by Gasteiger charge is 2.14. The first-order valence-corrected chi connectivity index (χ1v) is 4.61. The van der Waals surface area contributed by atoms with Gasteiger partial charge in [-0.05, 0) is 30.7 Å². The molecular weight excluding hydrogens is 179 g/mol. The molecule has 0 amide bonds. The normalized spacial score (nSPS) is 12.1. The highest BCUT2D eigenvalue weighted by Crippen LogP contribution is 2.13. The number of rotatable bonds is 4. The molecule has 1 atom stereocenters. The Kier molecular flexibility index (Phi) is 3.57. The van der Waals surface area contributed by atoms with Gasteiger partial charge in [0.1, 0.15) is 5.82 Å². The zero-order chi connectivity index (χ0) is 10.6. The van der Waals surface area contributed by atoms with Gasteiger partial charge in [-0.1, -0.05) is 13.0 Å². The number of halogens is 1. The highest BCUT2D eigenvalue weighted by atomic mass is 19.1. The van der Waals surface area contributed by atoms with Crippen molar-refractivity contribution in [1.29, 1.82) is 0 Å². The lowest BCUT2D eigenvalue weighted by atomic mass is 9.95. The van der Waals surface area contributed by atoms with Crippen LogP contribution in [0.3, 0.4) is 0 Å².